The number of nitriles is 1. The van der Waals surface area contributed by atoms with Crippen LogP contribution in [0.4, 0.5) is 10.7 Å². The molecule has 0 saturated carbocycles. The number of nitrogens with one attached hydrogen (secondary N) is 1. The van der Waals surface area contributed by atoms with Gasteiger partial charge in [-0.1, -0.05) is 18.0 Å². The van der Waals surface area contributed by atoms with Crippen LogP contribution >= 0.6 is 22.9 Å². The van der Waals surface area contributed by atoms with Gasteiger partial charge in [0, 0.05) is 41.8 Å². The molecule has 152 valence electrons. The third-order valence-corrected chi connectivity index (χ3v) is 7.18. The molecule has 0 atom stereocenters. The van der Waals surface area contributed by atoms with Crippen LogP contribution < -0.4 is 10.2 Å². The summed E-state index contributed by atoms with van der Waals surface area (Å²) in [5.74, 6) is -0.0298. The third-order valence-electron chi connectivity index (χ3n) is 5.72. The molecule has 0 bridgehead atoms. The van der Waals surface area contributed by atoms with Gasteiger partial charge in [-0.25, -0.2) is 0 Å². The van der Waals surface area contributed by atoms with Crippen LogP contribution in [0.3, 0.4) is 0 Å². The third kappa shape index (κ3) is 4.75. The van der Waals surface area contributed by atoms with Crippen molar-refractivity contribution in [3.63, 3.8) is 0 Å². The van der Waals surface area contributed by atoms with Gasteiger partial charge in [0.05, 0.1) is 12.1 Å². The number of thiophene rings is 1. The highest BCUT2D eigenvalue weighted by Gasteiger charge is 2.23. The zero-order valence-corrected chi connectivity index (χ0v) is 18.0. The lowest BCUT2D eigenvalue weighted by Crippen LogP contribution is -2.48. The first-order valence-corrected chi connectivity index (χ1v) is 11.4. The number of anilines is 2. The van der Waals surface area contributed by atoms with Crippen LogP contribution in [0.25, 0.3) is 0 Å². The molecular formula is C22H25ClN4OS. The predicted octanol–water partition coefficient (Wildman–Crippen LogP) is 4.30. The monoisotopic (exact) mass is 428 g/mol. The first kappa shape index (κ1) is 20.2. The molecule has 4 rings (SSSR count). The number of halogens is 1. The van der Waals surface area contributed by atoms with Crippen molar-refractivity contribution in [2.45, 2.75) is 32.1 Å². The van der Waals surface area contributed by atoms with Crippen molar-refractivity contribution in [1.82, 2.24) is 4.90 Å². The maximum atomic E-state index is 12.6. The van der Waals surface area contributed by atoms with Gasteiger partial charge in [0.15, 0.2) is 0 Å². The minimum absolute atomic E-state index is 0.0298. The summed E-state index contributed by atoms with van der Waals surface area (Å²) in [7, 11) is 0. The normalized spacial score (nSPS) is 17.3. The average Bonchev–Trinajstić information content (AvgIpc) is 2.88. The van der Waals surface area contributed by atoms with Crippen LogP contribution in [0.1, 0.15) is 35.3 Å². The highest BCUT2D eigenvalue weighted by atomic mass is 35.5. The van der Waals surface area contributed by atoms with E-state index in [1.165, 1.54) is 23.3 Å². The number of benzene rings is 1. The van der Waals surface area contributed by atoms with E-state index in [-0.39, 0.29) is 5.91 Å². The standard InChI is InChI=1S/C22H25ClN4OS/c23-16-6-8-17(9-7-16)27-12-10-26(11-13-27)15-21(28)25-22-19(14-24)18-4-2-1-3-5-20(18)29-22/h6-9H,1-5,10-13,15H2,(H,25,28). The lowest BCUT2D eigenvalue weighted by Gasteiger charge is -2.35. The first-order chi connectivity index (χ1) is 14.1. The van der Waals surface area contributed by atoms with E-state index in [0.717, 1.165) is 61.2 Å². The number of hydrogen-bond donors (Lipinski definition) is 1. The Labute approximate surface area is 180 Å². The summed E-state index contributed by atoms with van der Waals surface area (Å²) in [6.45, 7) is 3.80. The van der Waals surface area contributed by atoms with Crippen LogP contribution in [-0.2, 0) is 17.6 Å². The van der Waals surface area contributed by atoms with Crippen molar-refractivity contribution >= 4 is 39.5 Å². The van der Waals surface area contributed by atoms with Crippen LogP contribution in [0.15, 0.2) is 24.3 Å². The molecule has 1 saturated heterocycles. The number of fused-ring (bicyclic) bond motifs is 1. The molecule has 0 radical (unpaired) electrons. The van der Waals surface area contributed by atoms with Crippen molar-refractivity contribution < 1.29 is 4.79 Å². The Balaban J connectivity index is 1.33. The number of hydrogen-bond acceptors (Lipinski definition) is 5. The second-order valence-corrected chi connectivity index (χ2v) is 9.21. The largest absolute Gasteiger partial charge is 0.369 e. The molecule has 1 aromatic heterocycles. The number of piperazine rings is 1. The minimum atomic E-state index is -0.0298. The molecular weight excluding hydrogens is 404 g/mol. The molecule has 0 spiro atoms. The zero-order chi connectivity index (χ0) is 20.2. The Bertz CT molecular complexity index is 910. The SMILES string of the molecule is N#Cc1c(NC(=O)CN2CCN(c3ccc(Cl)cc3)CC2)sc2c1CCCCC2. The smallest absolute Gasteiger partial charge is 0.239 e. The summed E-state index contributed by atoms with van der Waals surface area (Å²) in [5.41, 5.74) is 3.02. The molecule has 5 nitrogen and oxygen atoms in total. The quantitative estimate of drug-likeness (QED) is 0.737. The summed E-state index contributed by atoms with van der Waals surface area (Å²) >= 11 is 7.57. The van der Waals surface area contributed by atoms with Gasteiger partial charge >= 0.3 is 0 Å². The number of carbonyl (C=O) groups is 1. The van der Waals surface area contributed by atoms with Gasteiger partial charge < -0.3 is 10.2 Å². The second-order valence-electron chi connectivity index (χ2n) is 7.67. The van der Waals surface area contributed by atoms with Gasteiger partial charge in [-0.05, 0) is 55.5 Å². The Hall–Kier alpha value is -2.07. The number of carbonyl (C=O) groups excluding carboxylic acids is 1. The average molecular weight is 429 g/mol. The van der Waals surface area contributed by atoms with E-state index in [4.69, 9.17) is 11.6 Å². The highest BCUT2D eigenvalue weighted by molar-refractivity contribution is 7.16. The summed E-state index contributed by atoms with van der Waals surface area (Å²) in [5, 5.41) is 14.1. The maximum Gasteiger partial charge on any atom is 0.239 e. The van der Waals surface area contributed by atoms with Gasteiger partial charge in [0.25, 0.3) is 0 Å². The Kier molecular flexibility index (Phi) is 6.39. The zero-order valence-electron chi connectivity index (χ0n) is 16.4. The topological polar surface area (TPSA) is 59.4 Å². The Morgan fingerprint density at radius 3 is 2.55 bits per heavy atom. The lowest BCUT2D eigenvalue weighted by atomic mass is 10.1. The van der Waals surface area contributed by atoms with Crippen molar-refractivity contribution in [2.24, 2.45) is 0 Å². The summed E-state index contributed by atoms with van der Waals surface area (Å²) < 4.78 is 0. The fourth-order valence-electron chi connectivity index (χ4n) is 4.13. The number of nitrogens with zero attached hydrogens (tertiary/aromatic N) is 3. The van der Waals surface area contributed by atoms with Crippen molar-refractivity contribution in [2.75, 3.05) is 42.9 Å². The molecule has 0 unspecified atom stereocenters. The molecule has 1 aliphatic heterocycles. The number of rotatable bonds is 4. The van der Waals surface area contributed by atoms with Gasteiger partial charge in [0.2, 0.25) is 5.91 Å². The van der Waals surface area contributed by atoms with Crippen molar-refractivity contribution in [1.29, 1.82) is 5.26 Å². The summed E-state index contributed by atoms with van der Waals surface area (Å²) in [4.78, 5) is 18.4. The summed E-state index contributed by atoms with van der Waals surface area (Å²) in [6, 6.07) is 10.2. The highest BCUT2D eigenvalue weighted by Crippen LogP contribution is 2.37. The second kappa shape index (κ2) is 9.17. The van der Waals surface area contributed by atoms with Crippen molar-refractivity contribution in [3.05, 3.63) is 45.3 Å². The van der Waals surface area contributed by atoms with Gasteiger partial charge in [-0.15, -0.1) is 11.3 Å². The molecule has 29 heavy (non-hydrogen) atoms. The molecule has 2 heterocycles. The molecule has 1 fully saturated rings. The maximum absolute atomic E-state index is 12.6. The molecule has 2 aliphatic rings. The molecule has 1 amide bonds. The van der Waals surface area contributed by atoms with E-state index in [1.807, 2.05) is 24.3 Å². The van der Waals surface area contributed by atoms with Gasteiger partial charge in [-0.3, -0.25) is 9.69 Å². The van der Waals surface area contributed by atoms with Gasteiger partial charge in [-0.2, -0.15) is 5.26 Å². The minimum Gasteiger partial charge on any atom is -0.369 e. The van der Waals surface area contributed by atoms with Crippen LogP contribution in [-0.4, -0.2) is 43.5 Å². The summed E-state index contributed by atoms with van der Waals surface area (Å²) in [6.07, 6.45) is 5.50. The lowest BCUT2D eigenvalue weighted by molar-refractivity contribution is -0.117. The van der Waals surface area contributed by atoms with Crippen LogP contribution in [0, 0.1) is 11.3 Å². The molecule has 2 aromatic rings. The van der Waals surface area contributed by atoms with Crippen molar-refractivity contribution in [3.8, 4) is 6.07 Å². The molecule has 1 aliphatic carbocycles. The predicted molar refractivity (Wildman–Crippen MR) is 119 cm³/mol. The van der Waals surface area contributed by atoms with E-state index in [9.17, 15) is 10.1 Å². The van der Waals surface area contributed by atoms with Crippen LogP contribution in [0.2, 0.25) is 5.02 Å². The van der Waals surface area contributed by atoms with E-state index in [0.29, 0.717) is 12.1 Å². The fraction of sp³-hybridized carbons (Fsp3) is 0.455. The molecule has 1 aromatic carbocycles. The van der Waals surface area contributed by atoms with Crippen LogP contribution in [0.5, 0.6) is 0 Å². The van der Waals surface area contributed by atoms with E-state index in [2.05, 4.69) is 21.2 Å². The molecule has 7 heteroatoms. The van der Waals surface area contributed by atoms with Gasteiger partial charge in [0.1, 0.15) is 11.1 Å². The first-order valence-electron chi connectivity index (χ1n) is 10.2. The Morgan fingerprint density at radius 1 is 1.10 bits per heavy atom. The van der Waals surface area contributed by atoms with E-state index < -0.39 is 0 Å². The number of aryl methyl sites for hydroxylation is 1. The van der Waals surface area contributed by atoms with E-state index in [1.54, 1.807) is 11.3 Å². The number of amides is 1. The fourth-order valence-corrected chi connectivity index (χ4v) is 5.52. The molecule has 1 N–H and O–H groups in total. The van der Waals surface area contributed by atoms with E-state index >= 15 is 0 Å². The Morgan fingerprint density at radius 2 is 1.83 bits per heavy atom.